The highest BCUT2D eigenvalue weighted by Gasteiger charge is 2.21. The van der Waals surface area contributed by atoms with Gasteiger partial charge in [-0.1, -0.05) is 6.42 Å². The van der Waals surface area contributed by atoms with Crippen LogP contribution in [0.25, 0.3) is 0 Å². The molecular formula is C14H23N3O4S2. The Morgan fingerprint density at radius 3 is 2.70 bits per heavy atom. The Labute approximate surface area is 140 Å². The first-order valence-electron chi connectivity index (χ1n) is 7.62. The molecule has 1 aromatic heterocycles. The van der Waals surface area contributed by atoms with Crippen molar-refractivity contribution < 1.29 is 18.3 Å². The van der Waals surface area contributed by atoms with Crippen LogP contribution in [0, 0.1) is 0 Å². The molecule has 3 N–H and O–H groups in total. The molecule has 7 nitrogen and oxygen atoms in total. The molecule has 9 heteroatoms. The number of thiophene rings is 1. The van der Waals surface area contributed by atoms with Crippen molar-refractivity contribution in [2.24, 2.45) is 0 Å². The molecule has 1 aromatic rings. The van der Waals surface area contributed by atoms with Gasteiger partial charge in [-0.3, -0.25) is 4.79 Å². The highest BCUT2D eigenvalue weighted by molar-refractivity contribution is 7.89. The van der Waals surface area contributed by atoms with E-state index in [9.17, 15) is 18.3 Å². The fraction of sp³-hybridized carbons (Fsp3) is 0.643. The van der Waals surface area contributed by atoms with Crippen molar-refractivity contribution in [3.63, 3.8) is 0 Å². The summed E-state index contributed by atoms with van der Waals surface area (Å²) in [6, 6.07) is 0.994. The molecule has 0 bridgehead atoms. The van der Waals surface area contributed by atoms with Gasteiger partial charge >= 0.3 is 0 Å². The Morgan fingerprint density at radius 2 is 2.09 bits per heavy atom. The van der Waals surface area contributed by atoms with E-state index < -0.39 is 10.0 Å². The van der Waals surface area contributed by atoms with Gasteiger partial charge in [-0.2, -0.15) is 0 Å². The van der Waals surface area contributed by atoms with Crippen LogP contribution in [-0.4, -0.2) is 63.7 Å². The number of aliphatic hydroxyl groups is 1. The third-order valence-corrected chi connectivity index (χ3v) is 6.33. The molecule has 0 aliphatic carbocycles. The Hall–Kier alpha value is -1.00. The van der Waals surface area contributed by atoms with E-state index in [1.54, 1.807) is 0 Å². The topological polar surface area (TPSA) is 98.7 Å². The van der Waals surface area contributed by atoms with Gasteiger partial charge in [0.25, 0.3) is 5.91 Å². The maximum absolute atomic E-state index is 12.2. The van der Waals surface area contributed by atoms with E-state index in [2.05, 4.69) is 14.9 Å². The minimum Gasteiger partial charge on any atom is -0.394 e. The summed E-state index contributed by atoms with van der Waals surface area (Å²) in [5.74, 6) is -0.358. The number of rotatable bonds is 7. The summed E-state index contributed by atoms with van der Waals surface area (Å²) >= 11 is 1.07. The smallest absolute Gasteiger partial charge is 0.261 e. The van der Waals surface area contributed by atoms with Gasteiger partial charge in [0.2, 0.25) is 10.0 Å². The predicted molar refractivity (Wildman–Crippen MR) is 89.2 cm³/mol. The number of nitrogens with one attached hydrogen (secondary N) is 2. The van der Waals surface area contributed by atoms with Crippen LogP contribution in [0.3, 0.4) is 0 Å². The summed E-state index contributed by atoms with van der Waals surface area (Å²) in [7, 11) is -2.22. The summed E-state index contributed by atoms with van der Waals surface area (Å²) in [6.07, 6.45) is 3.51. The van der Waals surface area contributed by atoms with Crippen LogP contribution in [0.2, 0.25) is 0 Å². The third kappa shape index (κ3) is 4.98. The average molecular weight is 361 g/mol. The van der Waals surface area contributed by atoms with Crippen LogP contribution in [0.4, 0.5) is 0 Å². The Balaban J connectivity index is 1.96. The Morgan fingerprint density at radius 1 is 1.39 bits per heavy atom. The molecule has 1 aliphatic rings. The van der Waals surface area contributed by atoms with Crippen molar-refractivity contribution in [3.8, 4) is 0 Å². The number of amides is 1. The zero-order valence-corrected chi connectivity index (χ0v) is 14.8. The first kappa shape index (κ1) is 18.3. The molecule has 2 heterocycles. The number of aliphatic hydroxyl groups excluding tert-OH is 1. The molecule has 0 radical (unpaired) electrons. The third-order valence-electron chi connectivity index (χ3n) is 3.86. The molecule has 1 aliphatic heterocycles. The summed E-state index contributed by atoms with van der Waals surface area (Å²) in [6.45, 7) is 2.43. The Bertz CT molecular complexity index is 624. The van der Waals surface area contributed by atoms with Gasteiger partial charge < -0.3 is 15.3 Å². The van der Waals surface area contributed by atoms with Crippen molar-refractivity contribution in [1.29, 1.82) is 0 Å². The van der Waals surface area contributed by atoms with Gasteiger partial charge in [-0.25, -0.2) is 13.1 Å². The van der Waals surface area contributed by atoms with Gasteiger partial charge in [-0.05, 0) is 39.0 Å². The zero-order valence-electron chi connectivity index (χ0n) is 13.1. The van der Waals surface area contributed by atoms with Crippen LogP contribution < -0.4 is 10.0 Å². The molecular weight excluding hydrogens is 338 g/mol. The van der Waals surface area contributed by atoms with Crippen molar-refractivity contribution >= 4 is 27.3 Å². The van der Waals surface area contributed by atoms with Gasteiger partial charge in [0.15, 0.2) is 0 Å². The number of piperidine rings is 1. The highest BCUT2D eigenvalue weighted by atomic mass is 32.2. The van der Waals surface area contributed by atoms with Crippen LogP contribution in [0.15, 0.2) is 16.3 Å². The lowest BCUT2D eigenvalue weighted by molar-refractivity contribution is 0.0890. The largest absolute Gasteiger partial charge is 0.394 e. The van der Waals surface area contributed by atoms with Gasteiger partial charge in [0.05, 0.1) is 22.4 Å². The maximum atomic E-state index is 12.2. The van der Waals surface area contributed by atoms with E-state index in [4.69, 9.17) is 0 Å². The standard InChI is InChI=1S/C14H23N3O4S2/c1-15-23(20,21)12-7-13(22-10-12)14(19)16-11(9-18)8-17-5-3-2-4-6-17/h7,10-11,15,18H,2-6,8-9H2,1H3,(H,16,19). The molecule has 0 aromatic carbocycles. The number of hydrogen-bond acceptors (Lipinski definition) is 6. The predicted octanol–water partition coefficient (Wildman–Crippen LogP) is 0.233. The number of sulfonamides is 1. The van der Waals surface area contributed by atoms with E-state index in [0.717, 1.165) is 37.3 Å². The Kier molecular flexibility index (Phi) is 6.54. The number of hydrogen-bond donors (Lipinski definition) is 3. The van der Waals surface area contributed by atoms with Crippen LogP contribution in [-0.2, 0) is 10.0 Å². The normalized spacial score (nSPS) is 17.8. The molecule has 1 unspecified atom stereocenters. The molecule has 23 heavy (non-hydrogen) atoms. The van der Waals surface area contributed by atoms with Crippen molar-refractivity contribution in [2.75, 3.05) is 33.3 Å². The maximum Gasteiger partial charge on any atom is 0.261 e. The molecule has 0 spiro atoms. The van der Waals surface area contributed by atoms with Gasteiger partial charge in [0.1, 0.15) is 0 Å². The van der Waals surface area contributed by atoms with E-state index in [1.165, 1.54) is 24.9 Å². The van der Waals surface area contributed by atoms with Gasteiger partial charge in [0, 0.05) is 11.9 Å². The molecule has 0 saturated carbocycles. The van der Waals surface area contributed by atoms with E-state index in [-0.39, 0.29) is 23.5 Å². The van der Waals surface area contributed by atoms with E-state index in [0.29, 0.717) is 11.4 Å². The van der Waals surface area contributed by atoms with Crippen LogP contribution in [0.1, 0.15) is 28.9 Å². The minimum atomic E-state index is -3.54. The first-order valence-corrected chi connectivity index (χ1v) is 9.98. The molecule has 1 amide bonds. The highest BCUT2D eigenvalue weighted by Crippen LogP contribution is 2.19. The second-order valence-electron chi connectivity index (χ2n) is 5.57. The quantitative estimate of drug-likeness (QED) is 0.646. The lowest BCUT2D eigenvalue weighted by Gasteiger charge is -2.30. The average Bonchev–Trinajstić information content (AvgIpc) is 3.06. The number of carbonyl (C=O) groups excluding carboxylic acids is 1. The summed E-state index contributed by atoms with van der Waals surface area (Å²) < 4.78 is 25.6. The van der Waals surface area contributed by atoms with Crippen LogP contribution in [0.5, 0.6) is 0 Å². The number of carbonyl (C=O) groups is 1. The minimum absolute atomic E-state index is 0.0757. The first-order chi connectivity index (χ1) is 11.0. The van der Waals surface area contributed by atoms with Crippen molar-refractivity contribution in [3.05, 3.63) is 16.3 Å². The fourth-order valence-corrected chi connectivity index (χ4v) is 4.46. The summed E-state index contributed by atoms with van der Waals surface area (Å²) in [5.41, 5.74) is 0. The molecule has 1 fully saturated rings. The summed E-state index contributed by atoms with van der Waals surface area (Å²) in [4.78, 5) is 14.9. The van der Waals surface area contributed by atoms with Crippen molar-refractivity contribution in [2.45, 2.75) is 30.2 Å². The zero-order chi connectivity index (χ0) is 16.9. The lowest BCUT2D eigenvalue weighted by atomic mass is 10.1. The molecule has 2 rings (SSSR count). The van der Waals surface area contributed by atoms with Crippen LogP contribution >= 0.6 is 11.3 Å². The summed E-state index contributed by atoms with van der Waals surface area (Å²) in [5, 5.41) is 13.7. The van der Waals surface area contributed by atoms with E-state index in [1.807, 2.05) is 0 Å². The number of nitrogens with zero attached hydrogens (tertiary/aromatic N) is 1. The van der Waals surface area contributed by atoms with E-state index >= 15 is 0 Å². The lowest BCUT2D eigenvalue weighted by Crippen LogP contribution is -2.47. The fourth-order valence-electron chi connectivity index (χ4n) is 2.56. The molecule has 130 valence electrons. The molecule has 1 saturated heterocycles. The second kappa shape index (κ2) is 8.20. The monoisotopic (exact) mass is 361 g/mol. The number of likely N-dealkylation sites (tertiary alicyclic amines) is 1. The second-order valence-corrected chi connectivity index (χ2v) is 8.37. The van der Waals surface area contributed by atoms with Crippen molar-refractivity contribution in [1.82, 2.24) is 14.9 Å². The SMILES string of the molecule is CNS(=O)(=O)c1csc(C(=O)NC(CO)CN2CCCCC2)c1. The molecule has 1 atom stereocenters. The van der Waals surface area contributed by atoms with Gasteiger partial charge in [-0.15, -0.1) is 11.3 Å².